The quantitative estimate of drug-likeness (QED) is 0.461. The Bertz CT molecular complexity index is 1200. The summed E-state index contributed by atoms with van der Waals surface area (Å²) in [5.74, 6) is 2.48. The fourth-order valence-corrected chi connectivity index (χ4v) is 4.90. The first-order valence-electron chi connectivity index (χ1n) is 11.9. The lowest BCUT2D eigenvalue weighted by atomic mass is 10.1. The molecule has 33 heavy (non-hydrogen) atoms. The van der Waals surface area contributed by atoms with Gasteiger partial charge in [0.05, 0.1) is 12.6 Å². The van der Waals surface area contributed by atoms with Crippen molar-refractivity contribution in [2.45, 2.75) is 38.3 Å². The molecule has 2 aliphatic rings. The Morgan fingerprint density at radius 1 is 1.03 bits per heavy atom. The van der Waals surface area contributed by atoms with Crippen LogP contribution in [0.15, 0.2) is 53.4 Å². The fraction of sp³-hybridized carbons (Fsp3) is 0.400. The van der Waals surface area contributed by atoms with Gasteiger partial charge in [-0.3, -0.25) is 0 Å². The number of piperazine rings is 1. The van der Waals surface area contributed by atoms with Crippen molar-refractivity contribution in [3.05, 3.63) is 54.6 Å². The van der Waals surface area contributed by atoms with Gasteiger partial charge >= 0.3 is 0 Å². The highest BCUT2D eigenvalue weighted by Crippen LogP contribution is 2.33. The van der Waals surface area contributed by atoms with E-state index in [0.29, 0.717) is 12.6 Å². The van der Waals surface area contributed by atoms with Crippen molar-refractivity contribution in [3.8, 4) is 11.3 Å². The van der Waals surface area contributed by atoms with E-state index in [-0.39, 0.29) is 0 Å². The molecule has 8 heteroatoms. The highest BCUT2D eigenvalue weighted by molar-refractivity contribution is 5.84. The highest BCUT2D eigenvalue weighted by Gasteiger charge is 2.23. The van der Waals surface area contributed by atoms with Crippen molar-refractivity contribution in [2.24, 2.45) is 0 Å². The average Bonchev–Trinajstić information content (AvgIpc) is 3.65. The van der Waals surface area contributed by atoms with Gasteiger partial charge in [-0.25, -0.2) is 4.98 Å². The monoisotopic (exact) mass is 443 g/mol. The summed E-state index contributed by atoms with van der Waals surface area (Å²) in [6.07, 6.45) is 8.61. The van der Waals surface area contributed by atoms with Crippen LogP contribution in [0.4, 0.5) is 11.8 Å². The molecule has 4 aromatic rings. The molecule has 0 unspecified atom stereocenters. The molecule has 1 saturated carbocycles. The molecule has 6 rings (SSSR count). The molecular weight excluding hydrogens is 414 g/mol. The minimum atomic E-state index is 0.489. The van der Waals surface area contributed by atoms with Gasteiger partial charge in [0.25, 0.3) is 0 Å². The van der Waals surface area contributed by atoms with Crippen molar-refractivity contribution in [1.29, 1.82) is 0 Å². The van der Waals surface area contributed by atoms with Gasteiger partial charge in [0, 0.05) is 44.3 Å². The van der Waals surface area contributed by atoms with Gasteiger partial charge in [0.1, 0.15) is 5.76 Å². The van der Waals surface area contributed by atoms with Crippen molar-refractivity contribution < 1.29 is 4.42 Å². The summed E-state index contributed by atoms with van der Waals surface area (Å²) in [4.78, 5) is 16.9. The number of rotatable bonds is 6. The molecule has 0 spiro atoms. The summed E-state index contributed by atoms with van der Waals surface area (Å²) in [6.45, 7) is 4.40. The number of fused-ring (bicyclic) bond motifs is 1. The number of benzene rings is 1. The number of aromatic nitrogens is 4. The maximum Gasteiger partial charge on any atom is 0.229 e. The number of nitrogens with zero attached hydrogens (tertiary/aromatic N) is 5. The third-order valence-corrected chi connectivity index (χ3v) is 6.75. The lowest BCUT2D eigenvalue weighted by Crippen LogP contribution is -2.44. The molecule has 8 nitrogen and oxygen atoms in total. The molecule has 4 heterocycles. The Morgan fingerprint density at radius 2 is 1.85 bits per heavy atom. The Kier molecular flexibility index (Phi) is 5.43. The Labute approximate surface area is 193 Å². The summed E-state index contributed by atoms with van der Waals surface area (Å²) in [5.41, 5.74) is 4.05. The standard InChI is InChI=1S/C25H29N7O/c1-2-5-20(4-1)32-17-28-22-23(29-25(30-24(22)32)31-13-11-26-12-14-31)27-16-18-7-9-19(10-8-18)21-6-3-15-33-21/h3,6-10,15,17,20,26H,1-2,4-5,11-14,16H2,(H,27,29,30). The maximum atomic E-state index is 5.50. The first-order valence-corrected chi connectivity index (χ1v) is 11.9. The molecule has 0 atom stereocenters. The Hall–Kier alpha value is -3.39. The molecule has 2 fully saturated rings. The largest absolute Gasteiger partial charge is 0.464 e. The average molecular weight is 444 g/mol. The van der Waals surface area contributed by atoms with E-state index in [9.17, 15) is 0 Å². The minimum Gasteiger partial charge on any atom is -0.464 e. The molecule has 0 amide bonds. The minimum absolute atomic E-state index is 0.489. The molecule has 0 radical (unpaired) electrons. The number of imidazole rings is 1. The van der Waals surface area contributed by atoms with E-state index < -0.39 is 0 Å². The second kappa shape index (κ2) is 8.86. The van der Waals surface area contributed by atoms with Gasteiger partial charge < -0.3 is 24.5 Å². The lowest BCUT2D eigenvalue weighted by molar-refractivity contribution is 0.528. The molecule has 1 aromatic carbocycles. The zero-order chi connectivity index (χ0) is 22.0. The van der Waals surface area contributed by atoms with E-state index in [1.54, 1.807) is 6.26 Å². The van der Waals surface area contributed by atoms with E-state index in [4.69, 9.17) is 19.4 Å². The van der Waals surface area contributed by atoms with Gasteiger partial charge in [0.15, 0.2) is 17.0 Å². The van der Waals surface area contributed by atoms with Crippen LogP contribution in [0.2, 0.25) is 0 Å². The zero-order valence-electron chi connectivity index (χ0n) is 18.7. The van der Waals surface area contributed by atoms with Crippen LogP contribution in [0.1, 0.15) is 37.3 Å². The third kappa shape index (κ3) is 4.06. The smallest absolute Gasteiger partial charge is 0.229 e. The first kappa shape index (κ1) is 20.2. The summed E-state index contributed by atoms with van der Waals surface area (Å²) in [7, 11) is 0. The van der Waals surface area contributed by atoms with Crippen molar-refractivity contribution in [3.63, 3.8) is 0 Å². The number of nitrogens with one attached hydrogen (secondary N) is 2. The van der Waals surface area contributed by atoms with Crippen LogP contribution in [0.3, 0.4) is 0 Å². The topological polar surface area (TPSA) is 84.0 Å². The third-order valence-electron chi connectivity index (χ3n) is 6.75. The van der Waals surface area contributed by atoms with E-state index >= 15 is 0 Å². The second-order valence-electron chi connectivity index (χ2n) is 8.90. The molecule has 1 saturated heterocycles. The predicted octanol–water partition coefficient (Wildman–Crippen LogP) is 4.22. The van der Waals surface area contributed by atoms with Crippen LogP contribution in [-0.4, -0.2) is 45.7 Å². The van der Waals surface area contributed by atoms with E-state index in [0.717, 1.165) is 60.4 Å². The van der Waals surface area contributed by atoms with Crippen LogP contribution in [0, 0.1) is 0 Å². The van der Waals surface area contributed by atoms with Crippen LogP contribution in [-0.2, 0) is 6.54 Å². The first-order chi connectivity index (χ1) is 16.3. The second-order valence-corrected chi connectivity index (χ2v) is 8.90. The van der Waals surface area contributed by atoms with Crippen LogP contribution >= 0.6 is 0 Å². The molecular formula is C25H29N7O. The van der Waals surface area contributed by atoms with Crippen LogP contribution in [0.25, 0.3) is 22.5 Å². The number of hydrogen-bond donors (Lipinski definition) is 2. The van der Waals surface area contributed by atoms with Gasteiger partial charge in [-0.1, -0.05) is 37.1 Å². The van der Waals surface area contributed by atoms with Crippen molar-refractivity contribution >= 4 is 22.9 Å². The van der Waals surface area contributed by atoms with Gasteiger partial charge in [-0.2, -0.15) is 9.97 Å². The summed E-state index contributed by atoms with van der Waals surface area (Å²) in [6, 6.07) is 12.8. The lowest BCUT2D eigenvalue weighted by Gasteiger charge is -2.27. The highest BCUT2D eigenvalue weighted by atomic mass is 16.3. The number of furan rings is 1. The summed E-state index contributed by atoms with van der Waals surface area (Å²) in [5, 5.41) is 6.96. The zero-order valence-corrected chi connectivity index (χ0v) is 18.7. The molecule has 1 aliphatic carbocycles. The van der Waals surface area contributed by atoms with Gasteiger partial charge in [-0.05, 0) is 30.5 Å². The summed E-state index contributed by atoms with van der Waals surface area (Å²) < 4.78 is 7.78. The SMILES string of the molecule is c1coc(-c2ccc(CNc3nc(N4CCNCC4)nc4c3ncn4C3CCCC3)cc2)c1. The van der Waals surface area contributed by atoms with E-state index in [1.807, 2.05) is 18.5 Å². The van der Waals surface area contributed by atoms with Gasteiger partial charge in [-0.15, -0.1) is 0 Å². The van der Waals surface area contributed by atoms with Gasteiger partial charge in [0.2, 0.25) is 5.95 Å². The number of anilines is 2. The molecule has 2 N–H and O–H groups in total. The predicted molar refractivity (Wildman–Crippen MR) is 129 cm³/mol. The number of hydrogen-bond acceptors (Lipinski definition) is 7. The van der Waals surface area contributed by atoms with Crippen LogP contribution in [0.5, 0.6) is 0 Å². The van der Waals surface area contributed by atoms with Crippen molar-refractivity contribution in [2.75, 3.05) is 36.4 Å². The van der Waals surface area contributed by atoms with Crippen molar-refractivity contribution in [1.82, 2.24) is 24.8 Å². The Morgan fingerprint density at radius 3 is 2.61 bits per heavy atom. The normalized spacial score (nSPS) is 17.2. The molecule has 170 valence electrons. The van der Waals surface area contributed by atoms with E-state index in [1.165, 1.54) is 31.2 Å². The Balaban J connectivity index is 1.29. The summed E-state index contributed by atoms with van der Waals surface area (Å²) >= 11 is 0. The van der Waals surface area contributed by atoms with Crippen LogP contribution < -0.4 is 15.5 Å². The maximum absolute atomic E-state index is 5.50. The molecule has 3 aromatic heterocycles. The molecule has 0 bridgehead atoms. The van der Waals surface area contributed by atoms with E-state index in [2.05, 4.69) is 44.4 Å². The molecule has 1 aliphatic heterocycles. The fourth-order valence-electron chi connectivity index (χ4n) is 4.90.